The second kappa shape index (κ2) is 8.85. The third-order valence-electron chi connectivity index (χ3n) is 10.8. The summed E-state index contributed by atoms with van der Waals surface area (Å²) in [4.78, 5) is 11.5. The van der Waals surface area contributed by atoms with Crippen molar-refractivity contribution in [3.05, 3.63) is 0 Å². The molecule has 4 saturated carbocycles. The molecule has 0 aliphatic heterocycles. The summed E-state index contributed by atoms with van der Waals surface area (Å²) >= 11 is 0. The molecule has 0 spiro atoms. The fourth-order valence-electron chi connectivity index (χ4n) is 9.20. The number of carbonyl (C=O) groups excluding carboxylic acids is 1. The monoisotopic (exact) mass is 418 g/mol. The van der Waals surface area contributed by atoms with Crippen LogP contribution in [0.4, 0.5) is 0 Å². The van der Waals surface area contributed by atoms with Crippen molar-refractivity contribution in [3.8, 4) is 0 Å². The lowest BCUT2D eigenvalue weighted by molar-refractivity contribution is -0.138. The molecule has 0 aromatic heterocycles. The average Bonchev–Trinajstić information content (AvgIpc) is 3.07. The molecule has 4 rings (SSSR count). The quantitative estimate of drug-likeness (QED) is 0.549. The minimum Gasteiger partial charge on any atom is -0.394 e. The Balaban J connectivity index is 1.45. The van der Waals surface area contributed by atoms with Gasteiger partial charge in [0.25, 0.3) is 0 Å². The molecule has 3 nitrogen and oxygen atoms in total. The maximum Gasteiger partial charge on any atom is 0.129 e. The second-order valence-electron chi connectivity index (χ2n) is 12.1. The molecule has 0 aromatic carbocycles. The van der Waals surface area contributed by atoms with Crippen molar-refractivity contribution in [3.63, 3.8) is 0 Å². The van der Waals surface area contributed by atoms with Crippen LogP contribution < -0.4 is 0 Å². The molecule has 4 fully saturated rings. The zero-order valence-electron chi connectivity index (χ0n) is 20.0. The predicted octanol–water partition coefficient (Wildman–Crippen LogP) is 6.03. The number of rotatable bonds is 7. The van der Waals surface area contributed by atoms with Crippen molar-refractivity contribution in [1.29, 1.82) is 0 Å². The van der Waals surface area contributed by atoms with Gasteiger partial charge >= 0.3 is 0 Å². The number of aliphatic hydroxyl groups is 1. The maximum absolute atomic E-state index is 11.5. The van der Waals surface area contributed by atoms with Gasteiger partial charge in [-0.05, 0) is 117 Å². The van der Waals surface area contributed by atoms with Crippen molar-refractivity contribution >= 4 is 5.78 Å². The van der Waals surface area contributed by atoms with Crippen LogP contribution in [0.2, 0.25) is 0 Å². The van der Waals surface area contributed by atoms with E-state index >= 15 is 0 Å². The van der Waals surface area contributed by atoms with Crippen LogP contribution in [0.5, 0.6) is 0 Å². The Labute approximate surface area is 184 Å². The van der Waals surface area contributed by atoms with Gasteiger partial charge in [-0.1, -0.05) is 20.8 Å². The van der Waals surface area contributed by atoms with Gasteiger partial charge in [-0.25, -0.2) is 0 Å². The zero-order chi connectivity index (χ0) is 21.5. The SMILES string of the molecule is CC(=O)CC[C@@H](C)[C@H]1CC[C@H]2[C@@H]3CCC4C[C@@H](OCCO)CC[C@]4(C)[C@H]3CC[C@]12C. The third-order valence-corrected chi connectivity index (χ3v) is 10.8. The van der Waals surface area contributed by atoms with Crippen LogP contribution in [-0.2, 0) is 9.53 Å². The van der Waals surface area contributed by atoms with Gasteiger partial charge < -0.3 is 14.6 Å². The molecular weight excluding hydrogens is 372 g/mol. The summed E-state index contributed by atoms with van der Waals surface area (Å²) in [6.45, 7) is 10.1. The Morgan fingerprint density at radius 3 is 2.50 bits per heavy atom. The predicted molar refractivity (Wildman–Crippen MR) is 121 cm³/mol. The summed E-state index contributed by atoms with van der Waals surface area (Å²) in [6.07, 6.45) is 14.4. The van der Waals surface area contributed by atoms with E-state index < -0.39 is 0 Å². The topological polar surface area (TPSA) is 46.5 Å². The average molecular weight is 419 g/mol. The van der Waals surface area contributed by atoms with Crippen LogP contribution in [0.1, 0.15) is 98.3 Å². The first-order valence-electron chi connectivity index (χ1n) is 13.0. The highest BCUT2D eigenvalue weighted by Gasteiger charge is 2.60. The summed E-state index contributed by atoms with van der Waals surface area (Å²) in [7, 11) is 0. The zero-order valence-corrected chi connectivity index (χ0v) is 20.0. The van der Waals surface area contributed by atoms with E-state index in [1.807, 2.05) is 0 Å². The van der Waals surface area contributed by atoms with Crippen LogP contribution in [-0.4, -0.2) is 30.2 Å². The second-order valence-corrected chi connectivity index (χ2v) is 12.1. The standard InChI is InChI=1S/C27H46O3/c1-18(5-6-19(2)29)23-9-10-24-22-8-7-20-17-21(30-16-15-28)11-13-26(20,3)25(22)12-14-27(23,24)4/h18,20-25,28H,5-17H2,1-4H3/t18-,20?,21+,22+,23-,24+,25+,26+,27-/m1/s1. The first kappa shape index (κ1) is 22.8. The third kappa shape index (κ3) is 3.91. The van der Waals surface area contributed by atoms with E-state index in [9.17, 15) is 4.79 Å². The van der Waals surface area contributed by atoms with Gasteiger partial charge in [0, 0.05) is 6.42 Å². The molecule has 1 N–H and O–H groups in total. The highest BCUT2D eigenvalue weighted by molar-refractivity contribution is 5.75. The van der Waals surface area contributed by atoms with Crippen LogP contribution in [0, 0.1) is 46.3 Å². The molecule has 1 unspecified atom stereocenters. The molecule has 172 valence electrons. The minimum absolute atomic E-state index is 0.148. The van der Waals surface area contributed by atoms with E-state index in [1.54, 1.807) is 6.92 Å². The van der Waals surface area contributed by atoms with Crippen molar-refractivity contribution in [2.45, 2.75) is 104 Å². The molecule has 0 bridgehead atoms. The maximum atomic E-state index is 11.5. The van der Waals surface area contributed by atoms with Gasteiger partial charge in [-0.2, -0.15) is 0 Å². The number of hydrogen-bond acceptors (Lipinski definition) is 3. The van der Waals surface area contributed by atoms with Crippen molar-refractivity contribution in [2.24, 2.45) is 46.3 Å². The molecule has 0 aromatic rings. The molecule has 0 saturated heterocycles. The van der Waals surface area contributed by atoms with Gasteiger partial charge in [-0.15, -0.1) is 0 Å². The first-order valence-corrected chi connectivity index (χ1v) is 13.0. The van der Waals surface area contributed by atoms with Crippen molar-refractivity contribution in [1.82, 2.24) is 0 Å². The van der Waals surface area contributed by atoms with Gasteiger partial charge in [0.2, 0.25) is 0 Å². The first-order chi connectivity index (χ1) is 14.3. The number of hydrogen-bond donors (Lipinski definition) is 1. The largest absolute Gasteiger partial charge is 0.394 e. The fourth-order valence-corrected chi connectivity index (χ4v) is 9.20. The summed E-state index contributed by atoms with van der Waals surface area (Å²) in [5.41, 5.74) is 1.00. The Kier molecular flexibility index (Phi) is 6.72. The number of fused-ring (bicyclic) bond motifs is 5. The normalized spacial score (nSPS) is 46.6. The number of Topliss-reactive ketones (excluding diaryl/α,β-unsaturated/α-hetero) is 1. The lowest BCUT2D eigenvalue weighted by atomic mass is 9.44. The van der Waals surface area contributed by atoms with Crippen molar-refractivity contribution in [2.75, 3.05) is 13.2 Å². The van der Waals surface area contributed by atoms with Crippen LogP contribution in [0.25, 0.3) is 0 Å². The molecule has 4 aliphatic rings. The lowest BCUT2D eigenvalue weighted by Gasteiger charge is -2.61. The molecule has 0 amide bonds. The van der Waals surface area contributed by atoms with E-state index in [4.69, 9.17) is 9.84 Å². The number of carbonyl (C=O) groups is 1. The Morgan fingerprint density at radius 1 is 1.03 bits per heavy atom. The molecule has 3 heteroatoms. The fraction of sp³-hybridized carbons (Fsp3) is 0.963. The van der Waals surface area contributed by atoms with E-state index in [-0.39, 0.29) is 6.61 Å². The summed E-state index contributed by atoms with van der Waals surface area (Å²) < 4.78 is 5.95. The molecule has 9 atom stereocenters. The highest BCUT2D eigenvalue weighted by atomic mass is 16.5. The number of aliphatic hydroxyl groups excluding tert-OH is 1. The van der Waals surface area contributed by atoms with Crippen LogP contribution in [0.15, 0.2) is 0 Å². The van der Waals surface area contributed by atoms with E-state index in [1.165, 1.54) is 57.8 Å². The smallest absolute Gasteiger partial charge is 0.129 e. The van der Waals surface area contributed by atoms with E-state index in [0.717, 1.165) is 42.4 Å². The number of ketones is 1. The highest BCUT2D eigenvalue weighted by Crippen LogP contribution is 2.68. The minimum atomic E-state index is 0.148. The molecular formula is C27H46O3. The molecule has 0 heterocycles. The van der Waals surface area contributed by atoms with E-state index in [2.05, 4.69) is 20.8 Å². The molecule has 4 aliphatic carbocycles. The van der Waals surface area contributed by atoms with Crippen LogP contribution >= 0.6 is 0 Å². The van der Waals surface area contributed by atoms with Gasteiger partial charge in [0.15, 0.2) is 0 Å². The Hall–Kier alpha value is -0.410. The lowest BCUT2D eigenvalue weighted by Crippen LogP contribution is -2.54. The molecule has 30 heavy (non-hydrogen) atoms. The van der Waals surface area contributed by atoms with Crippen LogP contribution in [0.3, 0.4) is 0 Å². The van der Waals surface area contributed by atoms with Gasteiger partial charge in [0.1, 0.15) is 5.78 Å². The Morgan fingerprint density at radius 2 is 1.77 bits per heavy atom. The van der Waals surface area contributed by atoms with E-state index in [0.29, 0.717) is 35.2 Å². The van der Waals surface area contributed by atoms with Gasteiger partial charge in [-0.3, -0.25) is 0 Å². The summed E-state index contributed by atoms with van der Waals surface area (Å²) in [5, 5.41) is 9.13. The van der Waals surface area contributed by atoms with Crippen molar-refractivity contribution < 1.29 is 14.6 Å². The summed E-state index contributed by atoms with van der Waals surface area (Å²) in [5.74, 6) is 5.40. The summed E-state index contributed by atoms with van der Waals surface area (Å²) in [6, 6.07) is 0. The molecule has 0 radical (unpaired) electrons. The Bertz CT molecular complexity index is 617. The van der Waals surface area contributed by atoms with Gasteiger partial charge in [0.05, 0.1) is 19.3 Å². The number of ether oxygens (including phenoxy) is 1.